The van der Waals surface area contributed by atoms with Crippen molar-refractivity contribution in [2.24, 2.45) is 23.2 Å². The Morgan fingerprint density at radius 2 is 1.76 bits per heavy atom. The van der Waals surface area contributed by atoms with Gasteiger partial charge in [0.1, 0.15) is 0 Å². The first-order valence-corrected chi connectivity index (χ1v) is 5.40. The Kier molecular flexibility index (Phi) is 1.76. The number of carbonyl (C=O) groups excluding carboxylic acids is 1. The van der Waals surface area contributed by atoms with Gasteiger partial charge in [-0.25, -0.2) is 0 Å². The maximum absolute atomic E-state index is 12.2. The minimum absolute atomic E-state index is 0.0384. The van der Waals surface area contributed by atoms with Crippen molar-refractivity contribution in [2.45, 2.75) is 25.1 Å². The third-order valence-electron chi connectivity index (χ3n) is 4.62. The molecule has 0 spiro atoms. The monoisotopic (exact) mass is 249 g/mol. The van der Waals surface area contributed by atoms with Crippen LogP contribution in [0.25, 0.3) is 0 Å². The fourth-order valence-electron chi connectivity index (χ4n) is 4.06. The summed E-state index contributed by atoms with van der Waals surface area (Å²) < 4.78 is 36.5. The highest BCUT2D eigenvalue weighted by Crippen LogP contribution is 2.79. The highest BCUT2D eigenvalue weighted by molar-refractivity contribution is 5.87. The molecule has 4 bridgehead atoms. The van der Waals surface area contributed by atoms with E-state index in [0.29, 0.717) is 12.8 Å². The second-order valence-corrected chi connectivity index (χ2v) is 5.13. The molecule has 0 aromatic carbocycles. The number of aliphatic carboxylic acids is 1. The van der Waals surface area contributed by atoms with Gasteiger partial charge >= 0.3 is 18.1 Å². The van der Waals surface area contributed by atoms with Crippen LogP contribution in [0.2, 0.25) is 0 Å². The Balaban J connectivity index is 1.82. The van der Waals surface area contributed by atoms with Gasteiger partial charge in [0.05, 0.1) is 5.41 Å². The molecule has 3 unspecified atom stereocenters. The van der Waals surface area contributed by atoms with Gasteiger partial charge in [-0.1, -0.05) is 0 Å². The van der Waals surface area contributed by atoms with Crippen molar-refractivity contribution in [2.75, 3.05) is 0 Å². The van der Waals surface area contributed by atoms with E-state index in [0.717, 1.165) is 0 Å². The molecule has 0 heterocycles. The Bertz CT molecular complexity index is 408. The molecule has 2 N–H and O–H groups in total. The van der Waals surface area contributed by atoms with Crippen LogP contribution in [-0.4, -0.2) is 29.2 Å². The summed E-state index contributed by atoms with van der Waals surface area (Å²) in [5.41, 5.74) is -1.11. The first-order chi connectivity index (χ1) is 7.79. The van der Waals surface area contributed by atoms with Crippen molar-refractivity contribution in [3.8, 4) is 0 Å². The fourth-order valence-corrected chi connectivity index (χ4v) is 4.06. The lowest BCUT2D eigenvalue weighted by Crippen LogP contribution is -2.49. The zero-order chi connectivity index (χ0) is 12.6. The molecule has 17 heavy (non-hydrogen) atoms. The molecule has 0 saturated heterocycles. The summed E-state index contributed by atoms with van der Waals surface area (Å²) in [6.45, 7) is 0. The molecule has 4 fully saturated rings. The number of alkyl halides is 3. The summed E-state index contributed by atoms with van der Waals surface area (Å²) in [5, 5.41) is 11.0. The maximum atomic E-state index is 12.2. The van der Waals surface area contributed by atoms with Gasteiger partial charge < -0.3 is 10.4 Å². The molecule has 94 valence electrons. The van der Waals surface area contributed by atoms with E-state index in [1.807, 2.05) is 5.32 Å². The summed E-state index contributed by atoms with van der Waals surface area (Å²) in [6.07, 6.45) is -3.70. The molecule has 4 rings (SSSR count). The second kappa shape index (κ2) is 2.76. The molecule has 0 aromatic rings. The minimum Gasteiger partial charge on any atom is -0.481 e. The van der Waals surface area contributed by atoms with E-state index in [1.54, 1.807) is 0 Å². The van der Waals surface area contributed by atoms with E-state index >= 15 is 0 Å². The predicted molar refractivity (Wildman–Crippen MR) is 47.8 cm³/mol. The van der Waals surface area contributed by atoms with Crippen LogP contribution in [-0.2, 0) is 9.59 Å². The molecule has 4 aliphatic rings. The number of carbonyl (C=O) groups is 2. The molecule has 0 radical (unpaired) electrons. The Morgan fingerprint density at radius 1 is 1.24 bits per heavy atom. The van der Waals surface area contributed by atoms with Crippen molar-refractivity contribution in [1.82, 2.24) is 5.32 Å². The lowest BCUT2D eigenvalue weighted by atomic mass is 9.97. The van der Waals surface area contributed by atoms with E-state index in [-0.39, 0.29) is 17.8 Å². The van der Waals surface area contributed by atoms with Gasteiger partial charge in [0.25, 0.3) is 0 Å². The van der Waals surface area contributed by atoms with Crippen LogP contribution < -0.4 is 5.32 Å². The largest absolute Gasteiger partial charge is 0.481 e. The van der Waals surface area contributed by atoms with E-state index < -0.39 is 29.5 Å². The van der Waals surface area contributed by atoms with Gasteiger partial charge in [0.2, 0.25) is 0 Å². The summed E-state index contributed by atoms with van der Waals surface area (Å²) in [7, 11) is 0. The van der Waals surface area contributed by atoms with E-state index in [2.05, 4.69) is 0 Å². The van der Waals surface area contributed by atoms with Crippen molar-refractivity contribution in [1.29, 1.82) is 0 Å². The maximum Gasteiger partial charge on any atom is 0.471 e. The molecule has 7 heteroatoms. The van der Waals surface area contributed by atoms with Crippen molar-refractivity contribution >= 4 is 11.9 Å². The molecule has 4 nitrogen and oxygen atoms in total. The van der Waals surface area contributed by atoms with Gasteiger partial charge in [-0.15, -0.1) is 0 Å². The fraction of sp³-hybridized carbons (Fsp3) is 0.800. The molecule has 1 amide bonds. The van der Waals surface area contributed by atoms with Gasteiger partial charge in [0.15, 0.2) is 0 Å². The van der Waals surface area contributed by atoms with Crippen LogP contribution in [0.4, 0.5) is 13.2 Å². The highest BCUT2D eigenvalue weighted by Gasteiger charge is 2.84. The van der Waals surface area contributed by atoms with Crippen LogP contribution in [0.5, 0.6) is 0 Å². The number of hydrogen-bond donors (Lipinski definition) is 2. The van der Waals surface area contributed by atoms with Crippen LogP contribution in [0, 0.1) is 23.2 Å². The molecule has 0 aromatic heterocycles. The number of carboxylic acid groups (broad SMARTS) is 1. The third-order valence-corrected chi connectivity index (χ3v) is 4.62. The Morgan fingerprint density at radius 3 is 2.18 bits per heavy atom. The quantitative estimate of drug-likeness (QED) is 0.759. The van der Waals surface area contributed by atoms with Crippen LogP contribution >= 0.6 is 0 Å². The summed E-state index contributed by atoms with van der Waals surface area (Å²) >= 11 is 0. The van der Waals surface area contributed by atoms with Crippen LogP contribution in [0.1, 0.15) is 12.8 Å². The Hall–Kier alpha value is -1.27. The highest BCUT2D eigenvalue weighted by atomic mass is 19.4. The van der Waals surface area contributed by atoms with Crippen LogP contribution in [0.15, 0.2) is 0 Å². The zero-order valence-corrected chi connectivity index (χ0v) is 8.62. The number of rotatable bonds is 2. The average Bonchev–Trinajstić information content (AvgIpc) is 2.55. The van der Waals surface area contributed by atoms with E-state index in [4.69, 9.17) is 5.11 Å². The van der Waals surface area contributed by atoms with Gasteiger partial charge in [0, 0.05) is 6.04 Å². The predicted octanol–water partition coefficient (Wildman–Crippen LogP) is 0.774. The van der Waals surface area contributed by atoms with Crippen molar-refractivity contribution in [3.05, 3.63) is 0 Å². The normalized spacial score (nSPS) is 45.8. The van der Waals surface area contributed by atoms with E-state index in [1.165, 1.54) is 0 Å². The van der Waals surface area contributed by atoms with Crippen molar-refractivity contribution < 1.29 is 27.9 Å². The lowest BCUT2D eigenvalue weighted by Gasteiger charge is -2.22. The average molecular weight is 249 g/mol. The number of amides is 1. The third kappa shape index (κ3) is 1.09. The number of carboxylic acids is 1. The molecule has 0 aliphatic heterocycles. The van der Waals surface area contributed by atoms with Gasteiger partial charge in [-0.3, -0.25) is 9.59 Å². The number of halogens is 3. The van der Waals surface area contributed by atoms with Crippen LogP contribution in [0.3, 0.4) is 0 Å². The topological polar surface area (TPSA) is 66.4 Å². The lowest BCUT2D eigenvalue weighted by molar-refractivity contribution is -0.175. The zero-order valence-electron chi connectivity index (χ0n) is 8.62. The minimum atomic E-state index is -4.95. The van der Waals surface area contributed by atoms with E-state index in [9.17, 15) is 22.8 Å². The smallest absolute Gasteiger partial charge is 0.471 e. The first-order valence-electron chi connectivity index (χ1n) is 5.40. The number of hydrogen-bond acceptors (Lipinski definition) is 2. The molecular weight excluding hydrogens is 239 g/mol. The second-order valence-electron chi connectivity index (χ2n) is 5.13. The molecule has 4 saturated carbocycles. The SMILES string of the molecule is O=C(NC1C2CC3C(C2)C31C(=O)O)C(F)(F)F. The summed E-state index contributed by atoms with van der Waals surface area (Å²) in [6, 6.07) is -0.843. The summed E-state index contributed by atoms with van der Waals surface area (Å²) in [5.74, 6) is -3.28. The Labute approximate surface area is 94.2 Å². The number of nitrogens with one attached hydrogen (secondary N) is 1. The van der Waals surface area contributed by atoms with Gasteiger partial charge in [-0.2, -0.15) is 13.2 Å². The molecule has 3 atom stereocenters. The summed E-state index contributed by atoms with van der Waals surface area (Å²) in [4.78, 5) is 22.1. The van der Waals surface area contributed by atoms with Crippen molar-refractivity contribution in [3.63, 3.8) is 0 Å². The molecule has 4 aliphatic carbocycles. The van der Waals surface area contributed by atoms with Gasteiger partial charge in [-0.05, 0) is 30.6 Å². The first kappa shape index (κ1) is 10.9. The standard InChI is InChI=1S/C10H10F3NO3/c11-10(12,13)7(15)14-6-3-1-4-5(2-3)9(4,6)8(16)17/h3-6H,1-2H2,(H,14,15)(H,16,17). The molecular formula is C10H10F3NO3.